The molecule has 0 aliphatic carbocycles. The average molecular weight is 324 g/mol. The molecule has 1 aromatic carbocycles. The van der Waals surface area contributed by atoms with Crippen molar-refractivity contribution in [3.63, 3.8) is 0 Å². The number of benzene rings is 1. The van der Waals surface area contributed by atoms with E-state index in [0.29, 0.717) is 12.5 Å². The van der Waals surface area contributed by atoms with Gasteiger partial charge in [-0.25, -0.2) is 9.78 Å². The first-order valence-electron chi connectivity index (χ1n) is 7.83. The molecule has 3 aromatic rings. The molecular weight excluding hydrogens is 304 g/mol. The SMILES string of the molecule is C[C@H](CNC(=O)Nc1nccn1-c1ccccc1)Cn1cccn1. The second kappa shape index (κ2) is 7.45. The van der Waals surface area contributed by atoms with Gasteiger partial charge in [-0.3, -0.25) is 14.6 Å². The first-order chi connectivity index (χ1) is 11.7. The van der Waals surface area contributed by atoms with Gasteiger partial charge in [-0.15, -0.1) is 0 Å². The second-order valence-corrected chi connectivity index (χ2v) is 5.62. The first-order valence-corrected chi connectivity index (χ1v) is 7.83. The Bertz CT molecular complexity index is 766. The zero-order valence-corrected chi connectivity index (χ0v) is 13.5. The Balaban J connectivity index is 1.53. The largest absolute Gasteiger partial charge is 0.337 e. The smallest absolute Gasteiger partial charge is 0.321 e. The molecular formula is C17H20N6O. The molecule has 2 heterocycles. The fourth-order valence-corrected chi connectivity index (χ4v) is 2.40. The maximum absolute atomic E-state index is 12.1. The molecule has 0 radical (unpaired) electrons. The van der Waals surface area contributed by atoms with Crippen LogP contribution in [0.5, 0.6) is 0 Å². The number of carbonyl (C=O) groups excluding carboxylic acids is 1. The Hall–Kier alpha value is -3.09. The van der Waals surface area contributed by atoms with Gasteiger partial charge in [0.25, 0.3) is 0 Å². The molecule has 2 N–H and O–H groups in total. The lowest BCUT2D eigenvalue weighted by Crippen LogP contribution is -2.34. The number of amides is 2. The van der Waals surface area contributed by atoms with Gasteiger partial charge in [-0.05, 0) is 24.1 Å². The second-order valence-electron chi connectivity index (χ2n) is 5.62. The molecule has 0 spiro atoms. The summed E-state index contributed by atoms with van der Waals surface area (Å²) in [5.74, 6) is 0.753. The lowest BCUT2D eigenvalue weighted by Gasteiger charge is -2.14. The number of nitrogens with one attached hydrogen (secondary N) is 2. The monoisotopic (exact) mass is 324 g/mol. The lowest BCUT2D eigenvalue weighted by atomic mass is 10.2. The van der Waals surface area contributed by atoms with Crippen molar-refractivity contribution < 1.29 is 4.79 Å². The van der Waals surface area contributed by atoms with E-state index < -0.39 is 0 Å². The van der Waals surface area contributed by atoms with Crippen molar-refractivity contribution in [2.24, 2.45) is 5.92 Å². The van der Waals surface area contributed by atoms with Gasteiger partial charge in [0.15, 0.2) is 0 Å². The highest BCUT2D eigenvalue weighted by Gasteiger charge is 2.10. The van der Waals surface area contributed by atoms with Gasteiger partial charge in [0.2, 0.25) is 5.95 Å². The minimum absolute atomic E-state index is 0.268. The molecule has 2 amide bonds. The molecule has 0 bridgehead atoms. The highest BCUT2D eigenvalue weighted by atomic mass is 16.2. The van der Waals surface area contributed by atoms with E-state index in [1.54, 1.807) is 12.4 Å². The molecule has 7 nitrogen and oxygen atoms in total. The van der Waals surface area contributed by atoms with Crippen molar-refractivity contribution in [3.05, 3.63) is 61.2 Å². The Labute approximate surface area is 140 Å². The summed E-state index contributed by atoms with van der Waals surface area (Å²) >= 11 is 0. The number of rotatable bonds is 6. The Morgan fingerprint density at radius 1 is 1.17 bits per heavy atom. The van der Waals surface area contributed by atoms with Crippen molar-refractivity contribution in [3.8, 4) is 5.69 Å². The standard InChI is InChI=1S/C17H20N6O/c1-14(13-22-10-5-8-20-22)12-19-17(24)21-16-18-9-11-23(16)15-6-3-2-4-7-15/h2-11,14H,12-13H2,1H3,(H2,18,19,21,24)/t14-/m1/s1. The maximum Gasteiger partial charge on any atom is 0.321 e. The van der Waals surface area contributed by atoms with Gasteiger partial charge in [-0.2, -0.15) is 5.10 Å². The van der Waals surface area contributed by atoms with Gasteiger partial charge < -0.3 is 5.32 Å². The van der Waals surface area contributed by atoms with Gasteiger partial charge >= 0.3 is 6.03 Å². The summed E-state index contributed by atoms with van der Waals surface area (Å²) in [6, 6.07) is 11.4. The molecule has 0 saturated heterocycles. The van der Waals surface area contributed by atoms with Crippen LogP contribution in [0.3, 0.4) is 0 Å². The van der Waals surface area contributed by atoms with Crippen molar-refractivity contribution >= 4 is 12.0 Å². The van der Waals surface area contributed by atoms with E-state index >= 15 is 0 Å². The van der Waals surface area contributed by atoms with Gasteiger partial charge in [-0.1, -0.05) is 25.1 Å². The normalized spacial score (nSPS) is 11.9. The van der Waals surface area contributed by atoms with Gasteiger partial charge in [0.1, 0.15) is 0 Å². The van der Waals surface area contributed by atoms with Gasteiger partial charge in [0.05, 0.1) is 0 Å². The minimum Gasteiger partial charge on any atom is -0.337 e. The quantitative estimate of drug-likeness (QED) is 0.731. The summed E-state index contributed by atoms with van der Waals surface area (Å²) in [6.07, 6.45) is 7.12. The molecule has 2 aromatic heterocycles. The van der Waals surface area contributed by atoms with Crippen LogP contribution < -0.4 is 10.6 Å². The van der Waals surface area contributed by atoms with E-state index in [4.69, 9.17) is 0 Å². The average Bonchev–Trinajstić information content (AvgIpc) is 3.26. The summed E-state index contributed by atoms with van der Waals surface area (Å²) in [4.78, 5) is 16.3. The predicted octanol–water partition coefficient (Wildman–Crippen LogP) is 2.53. The Kier molecular flexibility index (Phi) is 4.90. The number of imidazole rings is 1. The third-order valence-corrected chi connectivity index (χ3v) is 3.57. The number of para-hydroxylation sites is 1. The number of anilines is 1. The van der Waals surface area contributed by atoms with Crippen LogP contribution in [0, 0.1) is 5.92 Å². The van der Waals surface area contributed by atoms with Crippen LogP contribution >= 0.6 is 0 Å². The summed E-state index contributed by atoms with van der Waals surface area (Å²) in [7, 11) is 0. The predicted molar refractivity (Wildman–Crippen MR) is 92.0 cm³/mol. The molecule has 3 rings (SSSR count). The van der Waals surface area contributed by atoms with Crippen LogP contribution in [0.15, 0.2) is 61.2 Å². The van der Waals surface area contributed by atoms with E-state index in [1.165, 1.54) is 0 Å². The minimum atomic E-state index is -0.273. The van der Waals surface area contributed by atoms with Crippen molar-refractivity contribution in [2.75, 3.05) is 11.9 Å². The van der Waals surface area contributed by atoms with E-state index in [1.807, 2.05) is 58.0 Å². The zero-order valence-electron chi connectivity index (χ0n) is 13.5. The molecule has 0 saturated carbocycles. The number of urea groups is 1. The number of carbonyl (C=O) groups is 1. The zero-order chi connectivity index (χ0) is 16.8. The van der Waals surface area contributed by atoms with Crippen LogP contribution in [-0.2, 0) is 6.54 Å². The topological polar surface area (TPSA) is 76.8 Å². The molecule has 24 heavy (non-hydrogen) atoms. The number of nitrogens with zero attached hydrogens (tertiary/aromatic N) is 4. The van der Waals surface area contributed by atoms with Crippen LogP contribution in [-0.4, -0.2) is 31.9 Å². The van der Waals surface area contributed by atoms with Crippen molar-refractivity contribution in [2.45, 2.75) is 13.5 Å². The fourth-order valence-electron chi connectivity index (χ4n) is 2.40. The Morgan fingerprint density at radius 2 is 2.00 bits per heavy atom. The molecule has 0 fully saturated rings. The highest BCUT2D eigenvalue weighted by Crippen LogP contribution is 2.13. The first kappa shape index (κ1) is 15.8. The molecule has 0 aliphatic rings. The highest BCUT2D eigenvalue weighted by molar-refractivity contribution is 5.87. The van der Waals surface area contributed by atoms with Crippen molar-refractivity contribution in [1.82, 2.24) is 24.6 Å². The molecule has 1 atom stereocenters. The van der Waals surface area contributed by atoms with Crippen LogP contribution in [0.4, 0.5) is 10.7 Å². The molecule has 7 heteroatoms. The summed E-state index contributed by atoms with van der Waals surface area (Å²) in [5.41, 5.74) is 0.942. The van der Waals surface area contributed by atoms with Gasteiger partial charge in [0, 0.05) is 43.6 Å². The lowest BCUT2D eigenvalue weighted by molar-refractivity contribution is 0.249. The summed E-state index contributed by atoms with van der Waals surface area (Å²) in [5, 5.41) is 9.81. The summed E-state index contributed by atoms with van der Waals surface area (Å²) < 4.78 is 3.68. The van der Waals surface area contributed by atoms with E-state index in [-0.39, 0.29) is 11.9 Å². The third kappa shape index (κ3) is 4.01. The number of aromatic nitrogens is 4. The summed E-state index contributed by atoms with van der Waals surface area (Å²) in [6.45, 7) is 3.37. The number of hydrogen-bond donors (Lipinski definition) is 2. The van der Waals surface area contributed by atoms with Crippen molar-refractivity contribution in [1.29, 1.82) is 0 Å². The van der Waals surface area contributed by atoms with E-state index in [9.17, 15) is 4.79 Å². The van der Waals surface area contributed by atoms with Crippen LogP contribution in [0.2, 0.25) is 0 Å². The van der Waals surface area contributed by atoms with E-state index in [0.717, 1.165) is 12.2 Å². The Morgan fingerprint density at radius 3 is 2.75 bits per heavy atom. The molecule has 0 aliphatic heterocycles. The van der Waals surface area contributed by atoms with Crippen LogP contribution in [0.1, 0.15) is 6.92 Å². The molecule has 0 unspecified atom stereocenters. The molecule has 124 valence electrons. The maximum atomic E-state index is 12.1. The van der Waals surface area contributed by atoms with Crippen LogP contribution in [0.25, 0.3) is 5.69 Å². The van der Waals surface area contributed by atoms with E-state index in [2.05, 4.69) is 27.6 Å². The number of hydrogen-bond acceptors (Lipinski definition) is 3. The fraction of sp³-hybridized carbons (Fsp3) is 0.235. The third-order valence-electron chi connectivity index (χ3n) is 3.57.